The number of hydrogen-bond donors (Lipinski definition) is 2. The minimum Gasteiger partial charge on any atom is -0.481 e. The monoisotopic (exact) mass is 203 g/mol. The molecule has 1 atom stereocenters. The number of halogens is 3. The molecule has 3 nitrogen and oxygen atoms in total. The van der Waals surface area contributed by atoms with Crippen molar-refractivity contribution in [3.8, 4) is 0 Å². The van der Waals surface area contributed by atoms with Crippen molar-refractivity contribution >= 4 is 18.4 Å². The highest BCUT2D eigenvalue weighted by atomic mass is 35.5. The van der Waals surface area contributed by atoms with Crippen molar-refractivity contribution in [3.05, 3.63) is 0 Å². The summed E-state index contributed by atoms with van der Waals surface area (Å²) in [4.78, 5) is 10.3. The number of alkyl halides is 2. The second kappa shape index (κ2) is 7.24. The molecule has 0 saturated heterocycles. The van der Waals surface area contributed by atoms with Crippen LogP contribution in [0, 0.1) is 5.92 Å². The van der Waals surface area contributed by atoms with Crippen LogP contribution in [0.1, 0.15) is 6.42 Å². The fourth-order valence-electron chi connectivity index (χ4n) is 0.733. The van der Waals surface area contributed by atoms with Crippen LogP contribution < -0.4 is 5.32 Å². The van der Waals surface area contributed by atoms with Gasteiger partial charge in [0.15, 0.2) is 0 Å². The maximum Gasteiger partial charge on any atom is 0.308 e. The molecule has 1 unspecified atom stereocenters. The first-order valence-corrected chi connectivity index (χ1v) is 3.23. The molecule has 0 aliphatic heterocycles. The summed E-state index contributed by atoms with van der Waals surface area (Å²) in [7, 11) is 1.53. The molecule has 74 valence electrons. The van der Waals surface area contributed by atoms with Crippen molar-refractivity contribution in [2.45, 2.75) is 12.8 Å². The smallest absolute Gasteiger partial charge is 0.308 e. The normalized spacial score (nSPS) is 12.3. The number of carboxylic acids is 1. The molecule has 0 aromatic heterocycles. The van der Waals surface area contributed by atoms with Crippen LogP contribution in [-0.4, -0.2) is 31.1 Å². The minimum absolute atomic E-state index is 0. The van der Waals surface area contributed by atoms with Crippen LogP contribution in [0.2, 0.25) is 0 Å². The Balaban J connectivity index is 0. The molecule has 0 aromatic carbocycles. The number of carboxylic acid groups (broad SMARTS) is 1. The Morgan fingerprint density at radius 2 is 2.08 bits per heavy atom. The molecule has 0 fully saturated rings. The molecule has 0 radical (unpaired) electrons. The zero-order valence-corrected chi connectivity index (χ0v) is 7.41. The Morgan fingerprint density at radius 1 is 1.58 bits per heavy atom. The fraction of sp³-hybridized carbons (Fsp3) is 0.833. The zero-order chi connectivity index (χ0) is 8.85. The summed E-state index contributed by atoms with van der Waals surface area (Å²) < 4.78 is 23.4. The SMILES string of the molecule is CNCC(CC(F)F)C(=O)O.Cl. The van der Waals surface area contributed by atoms with Gasteiger partial charge in [-0.05, 0) is 7.05 Å². The van der Waals surface area contributed by atoms with Gasteiger partial charge in [-0.15, -0.1) is 12.4 Å². The Labute approximate surface area is 75.6 Å². The van der Waals surface area contributed by atoms with E-state index < -0.39 is 24.7 Å². The van der Waals surface area contributed by atoms with Gasteiger partial charge < -0.3 is 10.4 Å². The number of carbonyl (C=O) groups is 1. The van der Waals surface area contributed by atoms with Gasteiger partial charge in [-0.1, -0.05) is 0 Å². The second-order valence-corrected chi connectivity index (χ2v) is 2.22. The highest BCUT2D eigenvalue weighted by Gasteiger charge is 2.20. The van der Waals surface area contributed by atoms with Gasteiger partial charge in [0.2, 0.25) is 6.43 Å². The highest BCUT2D eigenvalue weighted by Crippen LogP contribution is 2.09. The standard InChI is InChI=1S/C6H11F2NO2.ClH/c1-9-3-4(6(10)11)2-5(7)8;/h4-5,9H,2-3H2,1H3,(H,10,11);1H. The summed E-state index contributed by atoms with van der Waals surface area (Å²) >= 11 is 0. The van der Waals surface area contributed by atoms with Crippen molar-refractivity contribution in [1.29, 1.82) is 0 Å². The molecular formula is C6H12ClF2NO2. The van der Waals surface area contributed by atoms with Gasteiger partial charge in [0.25, 0.3) is 0 Å². The van der Waals surface area contributed by atoms with Crippen LogP contribution >= 0.6 is 12.4 Å². The van der Waals surface area contributed by atoms with Gasteiger partial charge in [0.05, 0.1) is 5.92 Å². The summed E-state index contributed by atoms with van der Waals surface area (Å²) in [6.45, 7) is 0.0830. The third-order valence-corrected chi connectivity index (χ3v) is 1.26. The van der Waals surface area contributed by atoms with E-state index in [2.05, 4.69) is 5.32 Å². The van der Waals surface area contributed by atoms with Gasteiger partial charge in [-0.2, -0.15) is 0 Å². The summed E-state index contributed by atoms with van der Waals surface area (Å²) in [6.07, 6.45) is -3.14. The third kappa shape index (κ3) is 6.30. The fourth-order valence-corrected chi connectivity index (χ4v) is 0.733. The van der Waals surface area contributed by atoms with Crippen LogP contribution in [-0.2, 0) is 4.79 Å². The van der Waals surface area contributed by atoms with Gasteiger partial charge in [-0.3, -0.25) is 4.79 Å². The van der Waals surface area contributed by atoms with Gasteiger partial charge >= 0.3 is 5.97 Å². The lowest BCUT2D eigenvalue weighted by Crippen LogP contribution is -2.27. The van der Waals surface area contributed by atoms with E-state index in [1.54, 1.807) is 0 Å². The van der Waals surface area contributed by atoms with E-state index >= 15 is 0 Å². The molecule has 0 aromatic rings. The van der Waals surface area contributed by atoms with E-state index in [0.29, 0.717) is 0 Å². The van der Waals surface area contributed by atoms with E-state index in [0.717, 1.165) is 0 Å². The average Bonchev–Trinajstić information content (AvgIpc) is 1.86. The first-order valence-electron chi connectivity index (χ1n) is 3.23. The van der Waals surface area contributed by atoms with Gasteiger partial charge in [0.1, 0.15) is 0 Å². The largest absolute Gasteiger partial charge is 0.481 e. The summed E-state index contributed by atoms with van der Waals surface area (Å²) in [6, 6.07) is 0. The minimum atomic E-state index is -2.55. The number of rotatable bonds is 5. The number of nitrogens with one attached hydrogen (secondary N) is 1. The quantitative estimate of drug-likeness (QED) is 0.701. The number of hydrogen-bond acceptors (Lipinski definition) is 2. The third-order valence-electron chi connectivity index (χ3n) is 1.26. The highest BCUT2D eigenvalue weighted by molar-refractivity contribution is 5.85. The first kappa shape index (κ1) is 14.1. The molecule has 0 aliphatic rings. The van der Waals surface area contributed by atoms with Gasteiger partial charge in [0, 0.05) is 13.0 Å². The average molecular weight is 204 g/mol. The molecule has 0 spiro atoms. The van der Waals surface area contributed by atoms with Crippen molar-refractivity contribution in [2.75, 3.05) is 13.6 Å². The Hall–Kier alpha value is -0.420. The molecule has 0 amide bonds. The summed E-state index contributed by atoms with van der Waals surface area (Å²) in [5.41, 5.74) is 0. The van der Waals surface area contributed by atoms with Crippen LogP contribution in [0.3, 0.4) is 0 Å². The zero-order valence-electron chi connectivity index (χ0n) is 6.59. The summed E-state index contributed by atoms with van der Waals surface area (Å²) in [5.74, 6) is -2.17. The molecule has 0 bridgehead atoms. The Morgan fingerprint density at radius 3 is 2.33 bits per heavy atom. The molecule has 0 rings (SSSR count). The molecular weight excluding hydrogens is 192 g/mol. The predicted octanol–water partition coefficient (Wildman–Crippen LogP) is 0.984. The summed E-state index contributed by atoms with van der Waals surface area (Å²) in [5, 5.41) is 10.9. The van der Waals surface area contributed by atoms with E-state index in [1.807, 2.05) is 0 Å². The molecule has 0 aliphatic carbocycles. The van der Waals surface area contributed by atoms with E-state index in [4.69, 9.17) is 5.11 Å². The molecule has 0 saturated carbocycles. The van der Waals surface area contributed by atoms with Crippen molar-refractivity contribution in [1.82, 2.24) is 5.32 Å². The van der Waals surface area contributed by atoms with E-state index in [1.165, 1.54) is 7.05 Å². The predicted molar refractivity (Wildman–Crippen MR) is 42.9 cm³/mol. The molecule has 6 heteroatoms. The van der Waals surface area contributed by atoms with Gasteiger partial charge in [-0.25, -0.2) is 8.78 Å². The molecule has 2 N–H and O–H groups in total. The molecule has 12 heavy (non-hydrogen) atoms. The Bertz CT molecular complexity index is 135. The number of aliphatic carboxylic acids is 1. The van der Waals surface area contributed by atoms with Crippen LogP contribution in [0.5, 0.6) is 0 Å². The second-order valence-electron chi connectivity index (χ2n) is 2.22. The first-order chi connectivity index (χ1) is 5.07. The van der Waals surface area contributed by atoms with E-state index in [9.17, 15) is 13.6 Å². The Kier molecular flexibility index (Phi) is 8.52. The van der Waals surface area contributed by atoms with Crippen LogP contribution in [0.4, 0.5) is 8.78 Å². The lowest BCUT2D eigenvalue weighted by Gasteiger charge is -2.09. The molecule has 0 heterocycles. The maximum atomic E-state index is 11.7. The lowest BCUT2D eigenvalue weighted by atomic mass is 10.1. The maximum absolute atomic E-state index is 11.7. The van der Waals surface area contributed by atoms with E-state index in [-0.39, 0.29) is 19.0 Å². The van der Waals surface area contributed by atoms with Crippen LogP contribution in [0.25, 0.3) is 0 Å². The van der Waals surface area contributed by atoms with Crippen molar-refractivity contribution < 1.29 is 18.7 Å². The van der Waals surface area contributed by atoms with Crippen LogP contribution in [0.15, 0.2) is 0 Å². The van der Waals surface area contributed by atoms with Crippen molar-refractivity contribution in [2.24, 2.45) is 5.92 Å². The van der Waals surface area contributed by atoms with Crippen molar-refractivity contribution in [3.63, 3.8) is 0 Å². The topological polar surface area (TPSA) is 49.3 Å². The lowest BCUT2D eigenvalue weighted by molar-refractivity contribution is -0.143.